The van der Waals surface area contributed by atoms with Crippen LogP contribution in [0.3, 0.4) is 0 Å². The summed E-state index contributed by atoms with van der Waals surface area (Å²) in [5.41, 5.74) is 0.114. The Hall–Kier alpha value is -1.95. The molecule has 19 heavy (non-hydrogen) atoms. The second kappa shape index (κ2) is 4.62. The molecule has 1 atom stereocenters. The van der Waals surface area contributed by atoms with E-state index in [4.69, 9.17) is 9.26 Å². The molecule has 6 nitrogen and oxygen atoms in total. The molecule has 6 heteroatoms. The number of aromatic nitrogens is 3. The molecule has 0 bridgehead atoms. The van der Waals surface area contributed by atoms with E-state index in [2.05, 4.69) is 15.1 Å². The maximum atomic E-state index is 9.40. The predicted octanol–water partition coefficient (Wildman–Crippen LogP) is 2.25. The van der Waals surface area contributed by atoms with Crippen molar-refractivity contribution in [3.63, 3.8) is 0 Å². The zero-order chi connectivity index (χ0) is 13.3. The third-order valence-corrected chi connectivity index (χ3v) is 3.34. The highest BCUT2D eigenvalue weighted by molar-refractivity contribution is 5.53. The number of hydrogen-bond acceptors (Lipinski definition) is 6. The average Bonchev–Trinajstić information content (AvgIpc) is 2.90. The standard InChI is InChI=1S/C13H15N3O3/c1-13(4-2-3-5-18-13)12-15-11(19-16-12)9-6-10(17)8-14-7-9/h6-8,17H,2-5H2,1H3. The van der Waals surface area contributed by atoms with E-state index in [-0.39, 0.29) is 5.75 Å². The summed E-state index contributed by atoms with van der Waals surface area (Å²) in [5, 5.41) is 13.4. The first-order valence-corrected chi connectivity index (χ1v) is 6.30. The van der Waals surface area contributed by atoms with Gasteiger partial charge in [0.25, 0.3) is 5.89 Å². The predicted molar refractivity (Wildman–Crippen MR) is 66.3 cm³/mol. The Labute approximate surface area is 110 Å². The molecule has 2 aromatic rings. The van der Waals surface area contributed by atoms with E-state index in [1.165, 1.54) is 12.3 Å². The van der Waals surface area contributed by atoms with Gasteiger partial charge in [0.15, 0.2) is 0 Å². The van der Waals surface area contributed by atoms with Gasteiger partial charge in [-0.2, -0.15) is 4.98 Å². The Balaban J connectivity index is 1.91. The molecule has 3 heterocycles. The molecule has 1 N–H and O–H groups in total. The van der Waals surface area contributed by atoms with Crippen LogP contribution in [0.15, 0.2) is 23.0 Å². The number of nitrogens with zero attached hydrogens (tertiary/aromatic N) is 3. The average molecular weight is 261 g/mol. The summed E-state index contributed by atoms with van der Waals surface area (Å²) in [6.45, 7) is 2.69. The minimum absolute atomic E-state index is 0.0670. The number of rotatable bonds is 2. The monoisotopic (exact) mass is 261 g/mol. The van der Waals surface area contributed by atoms with Crippen molar-refractivity contribution in [3.05, 3.63) is 24.3 Å². The molecule has 0 saturated carbocycles. The Kier molecular flexibility index (Phi) is 2.94. The van der Waals surface area contributed by atoms with Crippen LogP contribution in [0.4, 0.5) is 0 Å². The Morgan fingerprint density at radius 1 is 1.32 bits per heavy atom. The highest BCUT2D eigenvalue weighted by Crippen LogP contribution is 2.33. The normalized spacial score (nSPS) is 23.4. The van der Waals surface area contributed by atoms with Crippen molar-refractivity contribution >= 4 is 0 Å². The number of ether oxygens (including phenoxy) is 1. The molecule has 2 aromatic heterocycles. The summed E-state index contributed by atoms with van der Waals surface area (Å²) >= 11 is 0. The van der Waals surface area contributed by atoms with E-state index in [9.17, 15) is 5.11 Å². The van der Waals surface area contributed by atoms with E-state index in [1.807, 2.05) is 6.92 Å². The molecular formula is C13H15N3O3. The summed E-state index contributed by atoms with van der Waals surface area (Å²) in [5.74, 6) is 0.955. The summed E-state index contributed by atoms with van der Waals surface area (Å²) in [4.78, 5) is 8.25. The van der Waals surface area contributed by atoms with Crippen molar-refractivity contribution in [1.29, 1.82) is 0 Å². The molecule has 0 radical (unpaired) electrons. The van der Waals surface area contributed by atoms with Crippen LogP contribution in [0.2, 0.25) is 0 Å². The molecule has 1 fully saturated rings. The van der Waals surface area contributed by atoms with Crippen LogP contribution in [0, 0.1) is 0 Å². The molecule has 0 aromatic carbocycles. The quantitative estimate of drug-likeness (QED) is 0.892. The van der Waals surface area contributed by atoms with Crippen molar-refractivity contribution in [2.45, 2.75) is 31.8 Å². The molecule has 1 aliphatic heterocycles. The molecule has 0 amide bonds. The molecule has 1 aliphatic rings. The Bertz CT molecular complexity index is 576. The fourth-order valence-corrected chi connectivity index (χ4v) is 2.21. The minimum atomic E-state index is -0.482. The second-order valence-electron chi connectivity index (χ2n) is 4.89. The van der Waals surface area contributed by atoms with Gasteiger partial charge >= 0.3 is 0 Å². The smallest absolute Gasteiger partial charge is 0.259 e. The lowest BCUT2D eigenvalue weighted by atomic mass is 9.95. The Morgan fingerprint density at radius 2 is 2.21 bits per heavy atom. The number of aromatic hydroxyl groups is 1. The van der Waals surface area contributed by atoms with Gasteiger partial charge in [-0.15, -0.1) is 0 Å². The highest BCUT2D eigenvalue weighted by atomic mass is 16.5. The SMILES string of the molecule is CC1(c2noc(-c3cncc(O)c3)n2)CCCCO1. The van der Waals surface area contributed by atoms with Gasteiger partial charge in [0.05, 0.1) is 11.8 Å². The van der Waals surface area contributed by atoms with Crippen LogP contribution in [-0.2, 0) is 10.3 Å². The first-order chi connectivity index (χ1) is 9.17. The van der Waals surface area contributed by atoms with Gasteiger partial charge in [0.1, 0.15) is 11.4 Å². The van der Waals surface area contributed by atoms with Gasteiger partial charge in [-0.1, -0.05) is 5.16 Å². The summed E-state index contributed by atoms with van der Waals surface area (Å²) < 4.78 is 11.0. The van der Waals surface area contributed by atoms with Gasteiger partial charge in [-0.05, 0) is 32.3 Å². The summed E-state index contributed by atoms with van der Waals surface area (Å²) in [7, 11) is 0. The lowest BCUT2D eigenvalue weighted by molar-refractivity contribution is -0.0770. The summed E-state index contributed by atoms with van der Waals surface area (Å²) in [6, 6.07) is 1.54. The topological polar surface area (TPSA) is 81.3 Å². The Morgan fingerprint density at radius 3 is 2.95 bits per heavy atom. The zero-order valence-electron chi connectivity index (χ0n) is 10.7. The van der Waals surface area contributed by atoms with Crippen molar-refractivity contribution in [1.82, 2.24) is 15.1 Å². The minimum Gasteiger partial charge on any atom is -0.506 e. The second-order valence-corrected chi connectivity index (χ2v) is 4.89. The van der Waals surface area contributed by atoms with Crippen molar-refractivity contribution < 1.29 is 14.4 Å². The lowest BCUT2D eigenvalue weighted by Gasteiger charge is -2.30. The van der Waals surface area contributed by atoms with Crippen molar-refractivity contribution in [3.8, 4) is 17.2 Å². The van der Waals surface area contributed by atoms with E-state index in [0.29, 0.717) is 23.9 Å². The molecule has 0 spiro atoms. The fraction of sp³-hybridized carbons (Fsp3) is 0.462. The van der Waals surface area contributed by atoms with Gasteiger partial charge < -0.3 is 14.4 Å². The van der Waals surface area contributed by atoms with Crippen LogP contribution in [0.5, 0.6) is 5.75 Å². The first-order valence-electron chi connectivity index (χ1n) is 6.30. The first kappa shape index (κ1) is 12.1. The molecular weight excluding hydrogens is 246 g/mol. The van der Waals surface area contributed by atoms with Crippen LogP contribution < -0.4 is 0 Å². The van der Waals surface area contributed by atoms with Crippen LogP contribution in [0.25, 0.3) is 11.5 Å². The zero-order valence-corrected chi connectivity index (χ0v) is 10.7. The van der Waals surface area contributed by atoms with Crippen LogP contribution in [-0.4, -0.2) is 26.8 Å². The van der Waals surface area contributed by atoms with E-state index in [1.54, 1.807) is 6.20 Å². The largest absolute Gasteiger partial charge is 0.506 e. The fourth-order valence-electron chi connectivity index (χ4n) is 2.21. The van der Waals surface area contributed by atoms with Gasteiger partial charge in [-0.25, -0.2) is 0 Å². The number of hydrogen-bond donors (Lipinski definition) is 1. The molecule has 100 valence electrons. The molecule has 0 aliphatic carbocycles. The van der Waals surface area contributed by atoms with E-state index in [0.717, 1.165) is 19.3 Å². The third kappa shape index (κ3) is 2.31. The lowest BCUT2D eigenvalue weighted by Crippen LogP contribution is -2.31. The number of pyridine rings is 1. The van der Waals surface area contributed by atoms with Crippen molar-refractivity contribution in [2.24, 2.45) is 0 Å². The highest BCUT2D eigenvalue weighted by Gasteiger charge is 2.35. The van der Waals surface area contributed by atoms with Gasteiger partial charge in [0, 0.05) is 12.8 Å². The van der Waals surface area contributed by atoms with Crippen LogP contribution in [0.1, 0.15) is 32.0 Å². The summed E-state index contributed by atoms with van der Waals surface area (Å²) in [6.07, 6.45) is 5.96. The van der Waals surface area contributed by atoms with E-state index < -0.39 is 5.60 Å². The van der Waals surface area contributed by atoms with Gasteiger partial charge in [-0.3, -0.25) is 4.98 Å². The van der Waals surface area contributed by atoms with Crippen molar-refractivity contribution in [2.75, 3.05) is 6.61 Å². The maximum Gasteiger partial charge on any atom is 0.259 e. The molecule has 1 unspecified atom stereocenters. The van der Waals surface area contributed by atoms with Crippen LogP contribution >= 0.6 is 0 Å². The maximum absolute atomic E-state index is 9.40. The van der Waals surface area contributed by atoms with Gasteiger partial charge in [0.2, 0.25) is 5.82 Å². The molecule has 1 saturated heterocycles. The third-order valence-electron chi connectivity index (χ3n) is 3.34. The van der Waals surface area contributed by atoms with E-state index >= 15 is 0 Å². The molecule has 3 rings (SSSR count).